The molecule has 0 bridgehead atoms. The molecule has 0 aliphatic carbocycles. The first kappa shape index (κ1) is 18.3. The van der Waals surface area contributed by atoms with E-state index in [0.29, 0.717) is 18.9 Å². The van der Waals surface area contributed by atoms with Gasteiger partial charge >= 0.3 is 0 Å². The fourth-order valence-electron chi connectivity index (χ4n) is 2.86. The number of anilines is 1. The Balaban J connectivity index is 1.78. The van der Waals surface area contributed by atoms with Gasteiger partial charge in [0.15, 0.2) is 5.96 Å². The first-order valence-corrected chi connectivity index (χ1v) is 9.14. The number of hydrogen-bond donors (Lipinski definition) is 2. The third-order valence-corrected chi connectivity index (χ3v) is 4.34. The van der Waals surface area contributed by atoms with E-state index < -0.39 is 0 Å². The van der Waals surface area contributed by atoms with Gasteiger partial charge in [0.05, 0.1) is 6.54 Å². The SMILES string of the molecule is CCCCCCNC(N)=NCc1ccc(N2CCCCC2=O)cc1. The Morgan fingerprint density at radius 2 is 2.00 bits per heavy atom. The molecule has 0 radical (unpaired) electrons. The van der Waals surface area contributed by atoms with Crippen LogP contribution in [-0.2, 0) is 11.3 Å². The largest absolute Gasteiger partial charge is 0.370 e. The van der Waals surface area contributed by atoms with Crippen molar-refractivity contribution in [2.24, 2.45) is 10.7 Å². The summed E-state index contributed by atoms with van der Waals surface area (Å²) in [5, 5.41) is 3.16. The molecule has 0 saturated carbocycles. The topological polar surface area (TPSA) is 70.7 Å². The van der Waals surface area contributed by atoms with Crippen LogP contribution < -0.4 is 16.0 Å². The summed E-state index contributed by atoms with van der Waals surface area (Å²) in [6, 6.07) is 8.05. The number of unbranched alkanes of at least 4 members (excludes halogenated alkanes) is 3. The van der Waals surface area contributed by atoms with E-state index in [1.807, 2.05) is 29.2 Å². The van der Waals surface area contributed by atoms with E-state index >= 15 is 0 Å². The van der Waals surface area contributed by atoms with Gasteiger partial charge in [-0.2, -0.15) is 0 Å². The van der Waals surface area contributed by atoms with Gasteiger partial charge in [-0.1, -0.05) is 38.3 Å². The highest BCUT2D eigenvalue weighted by molar-refractivity contribution is 5.93. The van der Waals surface area contributed by atoms with E-state index in [-0.39, 0.29) is 5.91 Å². The summed E-state index contributed by atoms with van der Waals surface area (Å²) in [7, 11) is 0. The Labute approximate surface area is 145 Å². The molecule has 0 aromatic heterocycles. The zero-order valence-electron chi connectivity index (χ0n) is 14.8. The van der Waals surface area contributed by atoms with E-state index in [2.05, 4.69) is 17.2 Å². The second-order valence-corrected chi connectivity index (χ2v) is 6.36. The van der Waals surface area contributed by atoms with Gasteiger partial charge in [-0.25, -0.2) is 4.99 Å². The van der Waals surface area contributed by atoms with Crippen LogP contribution in [0.4, 0.5) is 5.69 Å². The zero-order chi connectivity index (χ0) is 17.2. The summed E-state index contributed by atoms with van der Waals surface area (Å²) in [4.78, 5) is 18.2. The minimum absolute atomic E-state index is 0.225. The van der Waals surface area contributed by atoms with Crippen molar-refractivity contribution in [2.75, 3.05) is 18.0 Å². The van der Waals surface area contributed by atoms with Gasteiger partial charge in [0.2, 0.25) is 5.91 Å². The van der Waals surface area contributed by atoms with Crippen molar-refractivity contribution in [3.8, 4) is 0 Å². The van der Waals surface area contributed by atoms with Crippen LogP contribution in [-0.4, -0.2) is 25.0 Å². The summed E-state index contributed by atoms with van der Waals surface area (Å²) in [6.45, 7) is 4.47. The first-order valence-electron chi connectivity index (χ1n) is 9.14. The molecular formula is C19H30N4O. The molecule has 5 heteroatoms. The predicted octanol–water partition coefficient (Wildman–Crippen LogP) is 3.19. The lowest BCUT2D eigenvalue weighted by Gasteiger charge is -2.26. The van der Waals surface area contributed by atoms with Gasteiger partial charge in [-0.05, 0) is 37.0 Å². The number of amides is 1. The molecule has 0 unspecified atom stereocenters. The lowest BCUT2D eigenvalue weighted by Crippen LogP contribution is -2.35. The van der Waals surface area contributed by atoms with Gasteiger partial charge in [0, 0.05) is 25.2 Å². The van der Waals surface area contributed by atoms with Crippen molar-refractivity contribution < 1.29 is 4.79 Å². The molecule has 1 fully saturated rings. The fourth-order valence-corrected chi connectivity index (χ4v) is 2.86. The average Bonchev–Trinajstić information content (AvgIpc) is 2.61. The molecule has 0 atom stereocenters. The standard InChI is InChI=1S/C19H30N4O/c1-2-3-4-6-13-21-19(20)22-15-16-9-11-17(12-10-16)23-14-7-5-8-18(23)24/h9-12H,2-8,13-15H2,1H3,(H3,20,21,22). The highest BCUT2D eigenvalue weighted by atomic mass is 16.2. The van der Waals surface area contributed by atoms with Gasteiger partial charge in [-0.3, -0.25) is 4.79 Å². The number of benzene rings is 1. The van der Waals surface area contributed by atoms with Crippen LogP contribution in [0.1, 0.15) is 57.4 Å². The fraction of sp³-hybridized carbons (Fsp3) is 0.579. The van der Waals surface area contributed by atoms with Gasteiger partial charge in [-0.15, -0.1) is 0 Å². The molecule has 5 nitrogen and oxygen atoms in total. The van der Waals surface area contributed by atoms with Crippen molar-refractivity contribution in [3.05, 3.63) is 29.8 Å². The van der Waals surface area contributed by atoms with Gasteiger partial charge in [0.1, 0.15) is 0 Å². The van der Waals surface area contributed by atoms with E-state index in [0.717, 1.165) is 43.6 Å². The maximum absolute atomic E-state index is 11.9. The lowest BCUT2D eigenvalue weighted by atomic mass is 10.1. The van der Waals surface area contributed by atoms with Crippen LogP contribution in [0.2, 0.25) is 0 Å². The van der Waals surface area contributed by atoms with Crippen LogP contribution in [0.5, 0.6) is 0 Å². The number of carbonyl (C=O) groups is 1. The number of nitrogens with zero attached hydrogens (tertiary/aromatic N) is 2. The van der Waals surface area contributed by atoms with Crippen LogP contribution in [0.25, 0.3) is 0 Å². The third kappa shape index (κ3) is 5.87. The number of rotatable bonds is 8. The van der Waals surface area contributed by atoms with Crippen LogP contribution in [0.15, 0.2) is 29.3 Å². The van der Waals surface area contributed by atoms with Gasteiger partial charge < -0.3 is 16.0 Å². The highest BCUT2D eigenvalue weighted by Gasteiger charge is 2.19. The van der Waals surface area contributed by atoms with Crippen LogP contribution in [0.3, 0.4) is 0 Å². The number of guanidine groups is 1. The number of aliphatic imine (C=N–C) groups is 1. The molecule has 1 aromatic rings. The predicted molar refractivity (Wildman–Crippen MR) is 100 cm³/mol. The second-order valence-electron chi connectivity index (χ2n) is 6.36. The van der Waals surface area contributed by atoms with Crippen molar-refractivity contribution in [1.29, 1.82) is 0 Å². The van der Waals surface area contributed by atoms with Crippen LogP contribution in [0, 0.1) is 0 Å². The normalized spacial score (nSPS) is 15.6. The maximum Gasteiger partial charge on any atom is 0.226 e. The lowest BCUT2D eigenvalue weighted by molar-refractivity contribution is -0.119. The molecule has 1 aromatic carbocycles. The van der Waals surface area contributed by atoms with Crippen LogP contribution >= 0.6 is 0 Å². The zero-order valence-corrected chi connectivity index (χ0v) is 14.8. The summed E-state index contributed by atoms with van der Waals surface area (Å²) >= 11 is 0. The maximum atomic E-state index is 11.9. The Bertz CT molecular complexity index is 539. The second kappa shape index (κ2) is 9.96. The van der Waals surface area contributed by atoms with E-state index in [9.17, 15) is 4.79 Å². The molecule has 1 saturated heterocycles. The minimum atomic E-state index is 0.225. The Morgan fingerprint density at radius 1 is 1.21 bits per heavy atom. The monoisotopic (exact) mass is 330 g/mol. The molecule has 24 heavy (non-hydrogen) atoms. The number of carbonyl (C=O) groups excluding carboxylic acids is 1. The molecule has 1 heterocycles. The number of hydrogen-bond acceptors (Lipinski definition) is 2. The van der Waals surface area contributed by atoms with E-state index in [4.69, 9.17) is 5.73 Å². The van der Waals surface area contributed by atoms with Gasteiger partial charge in [0.25, 0.3) is 0 Å². The third-order valence-electron chi connectivity index (χ3n) is 4.34. The summed E-state index contributed by atoms with van der Waals surface area (Å²) in [5.74, 6) is 0.727. The molecule has 1 aliphatic rings. The Hall–Kier alpha value is -2.04. The molecular weight excluding hydrogens is 300 g/mol. The molecule has 2 rings (SSSR count). The van der Waals surface area contributed by atoms with E-state index in [1.54, 1.807) is 0 Å². The molecule has 1 amide bonds. The molecule has 0 spiro atoms. The van der Waals surface area contributed by atoms with Crippen molar-refractivity contribution in [3.63, 3.8) is 0 Å². The summed E-state index contributed by atoms with van der Waals surface area (Å²) < 4.78 is 0. The molecule has 1 aliphatic heterocycles. The van der Waals surface area contributed by atoms with Crippen molar-refractivity contribution >= 4 is 17.6 Å². The van der Waals surface area contributed by atoms with Crippen molar-refractivity contribution in [1.82, 2.24) is 5.32 Å². The minimum Gasteiger partial charge on any atom is -0.370 e. The number of nitrogens with one attached hydrogen (secondary N) is 1. The molecule has 132 valence electrons. The molecule has 3 N–H and O–H groups in total. The number of nitrogens with two attached hydrogens (primary N) is 1. The Morgan fingerprint density at radius 3 is 2.71 bits per heavy atom. The summed E-state index contributed by atoms with van der Waals surface area (Å²) in [6.07, 6.45) is 7.61. The Kier molecular flexibility index (Phi) is 7.59. The highest BCUT2D eigenvalue weighted by Crippen LogP contribution is 2.21. The van der Waals surface area contributed by atoms with Crippen molar-refractivity contribution in [2.45, 2.75) is 58.4 Å². The first-order chi connectivity index (χ1) is 11.7. The smallest absolute Gasteiger partial charge is 0.226 e. The quantitative estimate of drug-likeness (QED) is 0.437. The average molecular weight is 330 g/mol. The van der Waals surface area contributed by atoms with E-state index in [1.165, 1.54) is 19.3 Å². The number of piperidine rings is 1. The summed E-state index contributed by atoms with van der Waals surface area (Å²) in [5.41, 5.74) is 7.96.